The van der Waals surface area contributed by atoms with E-state index in [1.54, 1.807) is 7.11 Å². The second kappa shape index (κ2) is 10.9. The van der Waals surface area contributed by atoms with E-state index in [9.17, 15) is 4.79 Å². The topological polar surface area (TPSA) is 60.0 Å². The molecule has 1 N–H and O–H groups in total. The number of likely N-dealkylation sites (tertiary alicyclic amines) is 1. The van der Waals surface area contributed by atoms with E-state index in [0.717, 1.165) is 50.4 Å². The Bertz CT molecular complexity index is 1140. The van der Waals surface area contributed by atoms with Crippen LogP contribution >= 0.6 is 0 Å². The van der Waals surface area contributed by atoms with Crippen LogP contribution in [-0.4, -0.2) is 62.9 Å². The predicted molar refractivity (Wildman–Crippen MR) is 144 cm³/mol. The third-order valence-electron chi connectivity index (χ3n) is 8.35. The van der Waals surface area contributed by atoms with Crippen LogP contribution in [0.1, 0.15) is 44.1 Å². The molecule has 5 aliphatic rings. The first-order valence-corrected chi connectivity index (χ1v) is 13.9. The highest BCUT2D eigenvalue weighted by atomic mass is 16.6. The number of rotatable bonds is 9. The number of fused-ring (bicyclic) bond motifs is 2. The smallest absolute Gasteiger partial charge is 0.224 e. The van der Waals surface area contributed by atoms with Gasteiger partial charge in [0.05, 0.1) is 13.7 Å². The maximum Gasteiger partial charge on any atom is 0.224 e. The van der Waals surface area contributed by atoms with Gasteiger partial charge in [-0.05, 0) is 91.9 Å². The summed E-state index contributed by atoms with van der Waals surface area (Å²) in [5.41, 5.74) is 5.10. The molecule has 3 fully saturated rings. The Kier molecular flexibility index (Phi) is 7.21. The monoisotopic (exact) mass is 502 g/mol. The predicted octanol–water partition coefficient (Wildman–Crippen LogP) is 4.64. The zero-order valence-corrected chi connectivity index (χ0v) is 21.8. The van der Waals surface area contributed by atoms with Crippen molar-refractivity contribution in [2.75, 3.05) is 40.0 Å². The summed E-state index contributed by atoms with van der Waals surface area (Å²) in [6.45, 7) is 4.43. The van der Waals surface area contributed by atoms with Crippen LogP contribution < -0.4 is 10.1 Å². The Hall–Kier alpha value is -2.83. The number of methoxy groups -OCH3 is 1. The minimum absolute atomic E-state index is 0.0590. The number of benzene rings is 1. The highest BCUT2D eigenvalue weighted by Gasteiger charge is 2.44. The van der Waals surface area contributed by atoms with E-state index in [1.165, 1.54) is 35.1 Å². The number of amides is 1. The number of allylic oxidation sites excluding steroid dienone is 4. The van der Waals surface area contributed by atoms with Gasteiger partial charge < -0.3 is 24.4 Å². The normalized spacial score (nSPS) is 27.4. The SMILES string of the molecule is COc1cccc(C2=CC=C(CC(=O)N[C@@H](CC3=CCC4OCCOC4=C3)CN3CCCC3)C3CC23)c1. The summed E-state index contributed by atoms with van der Waals surface area (Å²) in [7, 11) is 1.71. The third-order valence-corrected chi connectivity index (χ3v) is 8.35. The van der Waals surface area contributed by atoms with Gasteiger partial charge in [-0.2, -0.15) is 0 Å². The fourth-order valence-corrected chi connectivity index (χ4v) is 6.37. The lowest BCUT2D eigenvalue weighted by atomic mass is 9.91. The molecule has 1 aromatic carbocycles. The molecule has 0 spiro atoms. The highest BCUT2D eigenvalue weighted by molar-refractivity contribution is 5.81. The number of nitrogens with zero attached hydrogens (tertiary/aromatic N) is 1. The van der Waals surface area contributed by atoms with Crippen molar-refractivity contribution in [1.82, 2.24) is 10.2 Å². The zero-order chi connectivity index (χ0) is 25.2. The molecule has 196 valence electrons. The average molecular weight is 503 g/mol. The Morgan fingerprint density at radius 1 is 1.19 bits per heavy atom. The Labute approximate surface area is 220 Å². The van der Waals surface area contributed by atoms with E-state index >= 15 is 0 Å². The summed E-state index contributed by atoms with van der Waals surface area (Å²) in [5.74, 6) is 2.97. The van der Waals surface area contributed by atoms with E-state index in [4.69, 9.17) is 14.2 Å². The molecule has 1 amide bonds. The van der Waals surface area contributed by atoms with Crippen LogP contribution in [0.5, 0.6) is 5.75 Å². The van der Waals surface area contributed by atoms with Gasteiger partial charge in [0, 0.05) is 19.0 Å². The molecular formula is C31H38N2O4. The molecule has 0 bridgehead atoms. The fraction of sp³-hybridized carbons (Fsp3) is 0.516. The molecule has 6 nitrogen and oxygen atoms in total. The molecule has 3 aliphatic carbocycles. The molecule has 37 heavy (non-hydrogen) atoms. The number of carbonyl (C=O) groups excluding carboxylic acids is 1. The summed E-state index contributed by atoms with van der Waals surface area (Å²) in [5, 5.41) is 3.41. The first kappa shape index (κ1) is 24.5. The number of hydrogen-bond donors (Lipinski definition) is 1. The van der Waals surface area contributed by atoms with Crippen molar-refractivity contribution in [3.8, 4) is 5.75 Å². The number of carbonyl (C=O) groups is 1. The zero-order valence-electron chi connectivity index (χ0n) is 21.8. The summed E-state index contributed by atoms with van der Waals surface area (Å²) in [6.07, 6.45) is 14.6. The standard InChI is InChI=1S/C31H38N2O4/c1-35-25-6-4-5-22(17-25)26-9-8-23(27-19-28(26)27)18-31(34)32-24(20-33-11-2-3-12-33)15-21-7-10-29-30(16-21)37-14-13-36-29/h4-9,16-17,24,27-29H,2-3,10-15,18-20H2,1H3,(H,32,34)/t24-,27?,28?,29?/m0/s1. The maximum atomic E-state index is 13.3. The summed E-state index contributed by atoms with van der Waals surface area (Å²) < 4.78 is 17.1. The quantitative estimate of drug-likeness (QED) is 0.533. The van der Waals surface area contributed by atoms with E-state index < -0.39 is 0 Å². The minimum atomic E-state index is 0.0590. The van der Waals surface area contributed by atoms with Gasteiger partial charge in [-0.1, -0.05) is 35.9 Å². The lowest BCUT2D eigenvalue weighted by Gasteiger charge is -2.30. The second-order valence-corrected chi connectivity index (χ2v) is 11.0. The van der Waals surface area contributed by atoms with Crippen molar-refractivity contribution in [2.24, 2.45) is 11.8 Å². The molecule has 1 aromatic rings. The molecule has 2 aliphatic heterocycles. The third kappa shape index (κ3) is 5.70. The lowest BCUT2D eigenvalue weighted by Crippen LogP contribution is -2.43. The van der Waals surface area contributed by atoms with E-state index in [0.29, 0.717) is 31.5 Å². The van der Waals surface area contributed by atoms with Crippen LogP contribution in [0.25, 0.3) is 5.57 Å². The largest absolute Gasteiger partial charge is 0.497 e. The molecular weight excluding hydrogens is 464 g/mol. The van der Waals surface area contributed by atoms with Crippen molar-refractivity contribution in [3.05, 3.63) is 71.0 Å². The first-order chi connectivity index (χ1) is 18.2. The summed E-state index contributed by atoms with van der Waals surface area (Å²) >= 11 is 0. The van der Waals surface area contributed by atoms with Crippen LogP contribution in [0.3, 0.4) is 0 Å². The van der Waals surface area contributed by atoms with E-state index in [2.05, 4.69) is 46.7 Å². The van der Waals surface area contributed by atoms with Crippen LogP contribution in [0.2, 0.25) is 0 Å². The van der Waals surface area contributed by atoms with Crippen molar-refractivity contribution < 1.29 is 19.0 Å². The van der Waals surface area contributed by atoms with Crippen molar-refractivity contribution >= 4 is 11.5 Å². The molecule has 0 radical (unpaired) electrons. The van der Waals surface area contributed by atoms with Gasteiger partial charge in [0.1, 0.15) is 24.2 Å². The maximum absolute atomic E-state index is 13.3. The highest BCUT2D eigenvalue weighted by Crippen LogP contribution is 2.55. The Morgan fingerprint density at radius 3 is 2.95 bits per heavy atom. The lowest BCUT2D eigenvalue weighted by molar-refractivity contribution is -0.121. The minimum Gasteiger partial charge on any atom is -0.497 e. The van der Waals surface area contributed by atoms with Gasteiger partial charge in [-0.3, -0.25) is 4.79 Å². The van der Waals surface area contributed by atoms with Gasteiger partial charge in [0.25, 0.3) is 0 Å². The van der Waals surface area contributed by atoms with Crippen molar-refractivity contribution in [3.63, 3.8) is 0 Å². The molecule has 2 saturated heterocycles. The van der Waals surface area contributed by atoms with Gasteiger partial charge in [0.15, 0.2) is 0 Å². The molecule has 0 aromatic heterocycles. The molecule has 2 heterocycles. The van der Waals surface area contributed by atoms with Crippen molar-refractivity contribution in [2.45, 2.75) is 50.7 Å². The van der Waals surface area contributed by atoms with Gasteiger partial charge in [-0.15, -0.1) is 0 Å². The Balaban J connectivity index is 1.11. The van der Waals surface area contributed by atoms with Crippen LogP contribution in [-0.2, 0) is 14.3 Å². The molecule has 4 atom stereocenters. The van der Waals surface area contributed by atoms with E-state index in [-0.39, 0.29) is 18.1 Å². The number of hydrogen-bond acceptors (Lipinski definition) is 5. The van der Waals surface area contributed by atoms with Crippen LogP contribution in [0.15, 0.2) is 65.5 Å². The van der Waals surface area contributed by atoms with Gasteiger partial charge >= 0.3 is 0 Å². The summed E-state index contributed by atoms with van der Waals surface area (Å²) in [4.78, 5) is 15.8. The van der Waals surface area contributed by atoms with Crippen LogP contribution in [0.4, 0.5) is 0 Å². The van der Waals surface area contributed by atoms with Crippen molar-refractivity contribution in [1.29, 1.82) is 0 Å². The molecule has 6 heteroatoms. The Morgan fingerprint density at radius 2 is 2.08 bits per heavy atom. The molecule has 6 rings (SSSR count). The van der Waals surface area contributed by atoms with Crippen LogP contribution in [0, 0.1) is 11.8 Å². The van der Waals surface area contributed by atoms with E-state index in [1.807, 2.05) is 12.1 Å². The second-order valence-electron chi connectivity index (χ2n) is 11.0. The number of nitrogens with one attached hydrogen (secondary N) is 1. The first-order valence-electron chi connectivity index (χ1n) is 13.9. The molecule has 3 unspecified atom stereocenters. The fourth-order valence-electron chi connectivity index (χ4n) is 6.37. The summed E-state index contributed by atoms with van der Waals surface area (Å²) in [6, 6.07) is 8.38. The average Bonchev–Trinajstić information content (AvgIpc) is 3.57. The number of ether oxygens (including phenoxy) is 3. The van der Waals surface area contributed by atoms with Gasteiger partial charge in [-0.25, -0.2) is 0 Å². The molecule has 1 saturated carbocycles. The van der Waals surface area contributed by atoms with Gasteiger partial charge in [0.2, 0.25) is 5.91 Å².